The second-order valence-electron chi connectivity index (χ2n) is 7.57. The number of ether oxygens (including phenoxy) is 1. The number of benzene rings is 2. The van der Waals surface area contributed by atoms with Crippen LogP contribution in [0.2, 0.25) is 0 Å². The Morgan fingerprint density at radius 1 is 1.14 bits per heavy atom. The number of likely N-dealkylation sites (tertiary alicyclic amines) is 1. The molecule has 0 bridgehead atoms. The topological polar surface area (TPSA) is 58.6 Å². The van der Waals surface area contributed by atoms with E-state index in [2.05, 4.69) is 19.2 Å². The molecular weight excluding hydrogens is 352 g/mol. The molecule has 5 heteroatoms. The SMILES string of the molecule is Cc1cccc(C(C)C)c1NC(=O)C1CCCN1C(=O)OCc1ccccc1. The average Bonchev–Trinajstić information content (AvgIpc) is 3.18. The van der Waals surface area contributed by atoms with E-state index in [0.29, 0.717) is 18.9 Å². The van der Waals surface area contributed by atoms with Gasteiger partial charge in [-0.05, 0) is 42.4 Å². The van der Waals surface area contributed by atoms with Crippen LogP contribution in [0, 0.1) is 6.92 Å². The van der Waals surface area contributed by atoms with Gasteiger partial charge < -0.3 is 10.1 Å². The molecule has 1 fully saturated rings. The van der Waals surface area contributed by atoms with Gasteiger partial charge in [0.2, 0.25) is 5.91 Å². The number of carbonyl (C=O) groups excluding carboxylic acids is 2. The van der Waals surface area contributed by atoms with Gasteiger partial charge in [0.25, 0.3) is 0 Å². The van der Waals surface area contributed by atoms with Crippen LogP contribution >= 0.6 is 0 Å². The molecule has 0 spiro atoms. The van der Waals surface area contributed by atoms with Gasteiger partial charge in [0.1, 0.15) is 12.6 Å². The average molecular weight is 380 g/mol. The predicted molar refractivity (Wildman–Crippen MR) is 110 cm³/mol. The fourth-order valence-electron chi connectivity index (χ4n) is 3.61. The van der Waals surface area contributed by atoms with E-state index in [9.17, 15) is 9.59 Å². The van der Waals surface area contributed by atoms with Gasteiger partial charge in [-0.1, -0.05) is 62.4 Å². The first kappa shape index (κ1) is 19.9. The van der Waals surface area contributed by atoms with Crippen LogP contribution in [0.4, 0.5) is 10.5 Å². The Morgan fingerprint density at radius 3 is 2.61 bits per heavy atom. The molecule has 0 aliphatic carbocycles. The van der Waals surface area contributed by atoms with Crippen LogP contribution in [0.3, 0.4) is 0 Å². The number of rotatable bonds is 5. The molecule has 0 aromatic heterocycles. The van der Waals surface area contributed by atoms with Crippen molar-refractivity contribution < 1.29 is 14.3 Å². The Hall–Kier alpha value is -2.82. The van der Waals surface area contributed by atoms with Crippen LogP contribution in [0.15, 0.2) is 48.5 Å². The molecule has 1 N–H and O–H groups in total. The molecule has 3 rings (SSSR count). The second kappa shape index (κ2) is 8.91. The lowest BCUT2D eigenvalue weighted by atomic mass is 9.98. The maximum atomic E-state index is 13.0. The standard InChI is InChI=1S/C23H28N2O3/c1-16(2)19-12-7-9-17(3)21(19)24-22(26)20-13-8-14-25(20)23(27)28-15-18-10-5-4-6-11-18/h4-7,9-12,16,20H,8,13-15H2,1-3H3,(H,24,26). The Morgan fingerprint density at radius 2 is 1.89 bits per heavy atom. The third-order valence-electron chi connectivity index (χ3n) is 5.17. The van der Waals surface area contributed by atoms with E-state index in [4.69, 9.17) is 4.74 Å². The van der Waals surface area contributed by atoms with Crippen molar-refractivity contribution in [3.05, 3.63) is 65.2 Å². The minimum Gasteiger partial charge on any atom is -0.445 e. The normalized spacial score (nSPS) is 16.3. The van der Waals surface area contributed by atoms with Crippen molar-refractivity contribution in [3.8, 4) is 0 Å². The van der Waals surface area contributed by atoms with Gasteiger partial charge in [-0.3, -0.25) is 9.69 Å². The first-order valence-electron chi connectivity index (χ1n) is 9.85. The number of hydrogen-bond donors (Lipinski definition) is 1. The lowest BCUT2D eigenvalue weighted by Crippen LogP contribution is -2.43. The summed E-state index contributed by atoms with van der Waals surface area (Å²) in [5, 5.41) is 3.07. The lowest BCUT2D eigenvalue weighted by molar-refractivity contribution is -0.120. The third kappa shape index (κ3) is 4.53. The largest absolute Gasteiger partial charge is 0.445 e. The van der Waals surface area contributed by atoms with Gasteiger partial charge in [0.05, 0.1) is 0 Å². The maximum Gasteiger partial charge on any atom is 0.410 e. The molecule has 1 unspecified atom stereocenters. The van der Waals surface area contributed by atoms with Crippen LogP contribution in [-0.2, 0) is 16.1 Å². The van der Waals surface area contributed by atoms with Crippen LogP contribution in [0.5, 0.6) is 0 Å². The van der Waals surface area contributed by atoms with E-state index in [1.54, 1.807) is 4.90 Å². The highest BCUT2D eigenvalue weighted by Crippen LogP contribution is 2.29. The molecule has 148 valence electrons. The molecule has 1 atom stereocenters. The van der Waals surface area contributed by atoms with E-state index in [-0.39, 0.29) is 12.5 Å². The quantitative estimate of drug-likeness (QED) is 0.806. The van der Waals surface area contributed by atoms with Gasteiger partial charge in [-0.2, -0.15) is 0 Å². The first-order valence-corrected chi connectivity index (χ1v) is 9.85. The molecule has 1 aliphatic rings. The summed E-state index contributed by atoms with van der Waals surface area (Å²) >= 11 is 0. The molecular formula is C23H28N2O3. The van der Waals surface area contributed by atoms with Gasteiger partial charge in [0, 0.05) is 12.2 Å². The van der Waals surface area contributed by atoms with Crippen LogP contribution < -0.4 is 5.32 Å². The Labute approximate surface area is 166 Å². The monoisotopic (exact) mass is 380 g/mol. The van der Waals surface area contributed by atoms with Crippen molar-refractivity contribution in [2.75, 3.05) is 11.9 Å². The number of anilines is 1. The van der Waals surface area contributed by atoms with E-state index >= 15 is 0 Å². The van der Waals surface area contributed by atoms with Crippen LogP contribution in [-0.4, -0.2) is 29.5 Å². The summed E-state index contributed by atoms with van der Waals surface area (Å²) in [4.78, 5) is 27.1. The zero-order valence-corrected chi connectivity index (χ0v) is 16.8. The van der Waals surface area contributed by atoms with Crippen molar-refractivity contribution in [2.45, 2.75) is 52.2 Å². The number of carbonyl (C=O) groups is 2. The fraction of sp³-hybridized carbons (Fsp3) is 0.391. The Kier molecular flexibility index (Phi) is 6.34. The summed E-state index contributed by atoms with van der Waals surface area (Å²) in [5.74, 6) is 0.149. The number of para-hydroxylation sites is 1. The van der Waals surface area contributed by atoms with E-state index in [1.165, 1.54) is 0 Å². The summed E-state index contributed by atoms with van der Waals surface area (Å²) in [6.45, 7) is 6.94. The smallest absolute Gasteiger partial charge is 0.410 e. The highest BCUT2D eigenvalue weighted by Gasteiger charge is 2.35. The number of aryl methyl sites for hydroxylation is 1. The summed E-state index contributed by atoms with van der Waals surface area (Å²) < 4.78 is 5.44. The van der Waals surface area contributed by atoms with Crippen molar-refractivity contribution in [1.82, 2.24) is 4.90 Å². The zero-order chi connectivity index (χ0) is 20.1. The van der Waals surface area contributed by atoms with Crippen molar-refractivity contribution in [1.29, 1.82) is 0 Å². The third-order valence-corrected chi connectivity index (χ3v) is 5.17. The van der Waals surface area contributed by atoms with Crippen molar-refractivity contribution in [3.63, 3.8) is 0 Å². The van der Waals surface area contributed by atoms with Gasteiger partial charge in [-0.25, -0.2) is 4.79 Å². The first-order chi connectivity index (χ1) is 13.5. The molecule has 2 aromatic rings. The molecule has 5 nitrogen and oxygen atoms in total. The molecule has 2 aromatic carbocycles. The fourth-order valence-corrected chi connectivity index (χ4v) is 3.61. The number of nitrogens with one attached hydrogen (secondary N) is 1. The number of hydrogen-bond acceptors (Lipinski definition) is 3. The molecule has 28 heavy (non-hydrogen) atoms. The summed E-state index contributed by atoms with van der Waals surface area (Å²) in [6, 6.07) is 15.1. The van der Waals surface area contributed by atoms with E-state index in [0.717, 1.165) is 28.8 Å². The maximum absolute atomic E-state index is 13.0. The minimum absolute atomic E-state index is 0.148. The van der Waals surface area contributed by atoms with E-state index in [1.807, 2.05) is 55.5 Å². The zero-order valence-electron chi connectivity index (χ0n) is 16.8. The highest BCUT2D eigenvalue weighted by molar-refractivity contribution is 5.98. The predicted octanol–water partition coefficient (Wildman–Crippen LogP) is 4.86. The molecule has 1 aliphatic heterocycles. The minimum atomic E-state index is -0.497. The molecule has 2 amide bonds. The number of amides is 2. The van der Waals surface area contributed by atoms with Crippen LogP contribution in [0.25, 0.3) is 0 Å². The highest BCUT2D eigenvalue weighted by atomic mass is 16.6. The van der Waals surface area contributed by atoms with Crippen LogP contribution in [0.1, 0.15) is 49.3 Å². The van der Waals surface area contributed by atoms with Gasteiger partial charge in [0.15, 0.2) is 0 Å². The molecule has 1 heterocycles. The second-order valence-corrected chi connectivity index (χ2v) is 7.57. The van der Waals surface area contributed by atoms with Gasteiger partial charge >= 0.3 is 6.09 Å². The Balaban J connectivity index is 1.67. The van der Waals surface area contributed by atoms with E-state index < -0.39 is 12.1 Å². The number of nitrogens with zero attached hydrogens (tertiary/aromatic N) is 1. The molecule has 1 saturated heterocycles. The summed E-state index contributed by atoms with van der Waals surface area (Å²) in [5.41, 5.74) is 3.91. The molecule has 0 saturated carbocycles. The Bertz CT molecular complexity index is 833. The van der Waals surface area contributed by atoms with Crippen molar-refractivity contribution in [2.24, 2.45) is 0 Å². The van der Waals surface area contributed by atoms with Gasteiger partial charge in [-0.15, -0.1) is 0 Å². The molecule has 0 radical (unpaired) electrons. The lowest BCUT2D eigenvalue weighted by Gasteiger charge is -2.25. The summed E-state index contributed by atoms with van der Waals surface area (Å²) in [6.07, 6.45) is 1.01. The van der Waals surface area contributed by atoms with Crippen molar-refractivity contribution >= 4 is 17.7 Å². The summed E-state index contributed by atoms with van der Waals surface area (Å²) in [7, 11) is 0.